The van der Waals surface area contributed by atoms with E-state index in [-0.39, 0.29) is 0 Å². The van der Waals surface area contributed by atoms with E-state index in [0.29, 0.717) is 0 Å². The van der Waals surface area contributed by atoms with E-state index in [0.717, 1.165) is 12.8 Å². The van der Waals surface area contributed by atoms with Crippen molar-refractivity contribution >= 4 is 16.8 Å². The summed E-state index contributed by atoms with van der Waals surface area (Å²) in [6, 6.07) is 44.8. The zero-order valence-corrected chi connectivity index (χ0v) is 23.1. The topological polar surface area (TPSA) is 0 Å². The van der Waals surface area contributed by atoms with Crippen LogP contribution in [0.4, 0.5) is 0 Å². The minimum absolute atomic E-state index is 1.13. The van der Waals surface area contributed by atoms with Crippen LogP contribution < -0.4 is 0 Å². The Kier molecular flexibility index (Phi) is 6.17. The number of rotatable bonds is 4. The molecule has 0 spiro atoms. The maximum atomic E-state index is 2.38. The zero-order valence-electron chi connectivity index (χ0n) is 23.1. The molecule has 0 atom stereocenters. The summed E-state index contributed by atoms with van der Waals surface area (Å²) in [6.07, 6.45) is 6.81. The number of benzene rings is 6. The van der Waals surface area contributed by atoms with Crippen molar-refractivity contribution < 1.29 is 0 Å². The smallest absolute Gasteiger partial charge is 0.0145 e. The van der Waals surface area contributed by atoms with Gasteiger partial charge in [-0.15, -0.1) is 0 Å². The summed E-state index contributed by atoms with van der Waals surface area (Å²) in [5.41, 5.74) is 15.5. The van der Waals surface area contributed by atoms with Gasteiger partial charge in [0.2, 0.25) is 0 Å². The van der Waals surface area contributed by atoms with Gasteiger partial charge in [-0.25, -0.2) is 0 Å². The van der Waals surface area contributed by atoms with E-state index in [9.17, 15) is 0 Å². The highest BCUT2D eigenvalue weighted by molar-refractivity contribution is 5.93. The second-order valence-corrected chi connectivity index (χ2v) is 11.0. The van der Waals surface area contributed by atoms with Crippen molar-refractivity contribution in [3.63, 3.8) is 0 Å². The lowest BCUT2D eigenvalue weighted by molar-refractivity contribution is 0.997. The molecule has 0 unspecified atom stereocenters. The molecule has 40 heavy (non-hydrogen) atoms. The highest BCUT2D eigenvalue weighted by Gasteiger charge is 2.13. The average molecular weight is 513 g/mol. The van der Waals surface area contributed by atoms with E-state index in [2.05, 4.69) is 147 Å². The van der Waals surface area contributed by atoms with E-state index in [1.54, 1.807) is 0 Å². The summed E-state index contributed by atoms with van der Waals surface area (Å²) in [4.78, 5) is 0. The van der Waals surface area contributed by atoms with Gasteiger partial charge < -0.3 is 0 Å². The Hall–Kier alpha value is -4.68. The van der Waals surface area contributed by atoms with Gasteiger partial charge in [0.1, 0.15) is 0 Å². The Morgan fingerprint density at radius 1 is 0.475 bits per heavy atom. The summed E-state index contributed by atoms with van der Waals surface area (Å²) in [5, 5.41) is 2.71. The molecule has 0 amide bonds. The number of hydrogen-bond donors (Lipinski definition) is 0. The van der Waals surface area contributed by atoms with Crippen LogP contribution in [0.1, 0.15) is 28.7 Å². The average Bonchev–Trinajstić information content (AvgIpc) is 3.02. The van der Waals surface area contributed by atoms with E-state index in [4.69, 9.17) is 0 Å². The van der Waals surface area contributed by atoms with Crippen LogP contribution in [0.3, 0.4) is 0 Å². The predicted octanol–water partition coefficient (Wildman–Crippen LogP) is 11.1. The SMILES string of the molecule is Cc1ccc(-c2ccc(-c3ccccc3)cc2)cc1-c1cc(-c2ccc3c4c(ccc3c2)C=CCC4)ccc1C. The molecule has 192 valence electrons. The fraction of sp³-hybridized carbons (Fsp3) is 0.100. The standard InChI is InChI=1S/C40H32/c1-27-12-14-34(31-18-16-30(17-19-31)29-8-4-3-5-9-29)25-39(27)40-26-35(15-13-28(40)2)33-22-23-38-36(24-33)21-20-32-10-6-7-11-37(32)38/h3-6,8-10,12-26H,7,11H2,1-2H3. The number of fused-ring (bicyclic) bond motifs is 3. The third-order valence-electron chi connectivity index (χ3n) is 8.45. The first-order valence-electron chi connectivity index (χ1n) is 14.2. The summed E-state index contributed by atoms with van der Waals surface area (Å²) in [6.45, 7) is 4.44. The van der Waals surface area contributed by atoms with Crippen LogP contribution in [-0.4, -0.2) is 0 Å². The molecule has 6 aromatic carbocycles. The Bertz CT molecular complexity index is 1890. The van der Waals surface area contributed by atoms with Gasteiger partial charge in [-0.2, -0.15) is 0 Å². The Balaban J connectivity index is 1.26. The maximum absolute atomic E-state index is 2.38. The molecule has 0 radical (unpaired) electrons. The molecule has 7 rings (SSSR count). The van der Waals surface area contributed by atoms with E-state index in [1.165, 1.54) is 77.5 Å². The lowest BCUT2D eigenvalue weighted by Crippen LogP contribution is -1.95. The van der Waals surface area contributed by atoms with Gasteiger partial charge in [-0.3, -0.25) is 0 Å². The van der Waals surface area contributed by atoms with Crippen LogP contribution in [-0.2, 0) is 6.42 Å². The Labute approximate surface area is 237 Å². The van der Waals surface area contributed by atoms with Crippen LogP contribution in [0.25, 0.3) is 61.4 Å². The minimum Gasteiger partial charge on any atom is -0.0836 e. The minimum atomic E-state index is 1.13. The molecule has 0 N–H and O–H groups in total. The molecule has 6 aromatic rings. The van der Waals surface area contributed by atoms with Crippen molar-refractivity contribution in [2.45, 2.75) is 26.7 Å². The molecular formula is C40H32. The summed E-state index contributed by atoms with van der Waals surface area (Å²) in [7, 11) is 0. The van der Waals surface area contributed by atoms with Gasteiger partial charge in [0, 0.05) is 0 Å². The predicted molar refractivity (Wildman–Crippen MR) is 173 cm³/mol. The summed E-state index contributed by atoms with van der Waals surface area (Å²) >= 11 is 0. The van der Waals surface area contributed by atoms with E-state index in [1.807, 2.05) is 0 Å². The molecule has 0 aromatic heterocycles. The van der Waals surface area contributed by atoms with Crippen LogP contribution in [0.5, 0.6) is 0 Å². The van der Waals surface area contributed by atoms with Crippen molar-refractivity contribution in [1.29, 1.82) is 0 Å². The maximum Gasteiger partial charge on any atom is -0.0145 e. The molecule has 0 nitrogen and oxygen atoms in total. The van der Waals surface area contributed by atoms with Gasteiger partial charge in [-0.05, 0) is 122 Å². The number of aryl methyl sites for hydroxylation is 3. The van der Waals surface area contributed by atoms with Crippen LogP contribution >= 0.6 is 0 Å². The van der Waals surface area contributed by atoms with Crippen molar-refractivity contribution in [2.24, 2.45) is 0 Å². The third kappa shape index (κ3) is 4.46. The molecule has 0 heterocycles. The Morgan fingerprint density at radius 3 is 1.73 bits per heavy atom. The molecule has 0 fully saturated rings. The normalized spacial score (nSPS) is 12.4. The zero-order chi connectivity index (χ0) is 27.1. The highest BCUT2D eigenvalue weighted by atomic mass is 14.2. The van der Waals surface area contributed by atoms with Crippen LogP contribution in [0, 0.1) is 13.8 Å². The number of allylic oxidation sites excluding steroid dienone is 1. The van der Waals surface area contributed by atoms with Gasteiger partial charge in [-0.1, -0.05) is 115 Å². The summed E-state index contributed by atoms with van der Waals surface area (Å²) < 4.78 is 0. The second kappa shape index (κ2) is 10.1. The first kappa shape index (κ1) is 24.4. The first-order valence-corrected chi connectivity index (χ1v) is 14.2. The largest absolute Gasteiger partial charge is 0.0836 e. The van der Waals surface area contributed by atoms with Crippen LogP contribution in [0.15, 0.2) is 127 Å². The number of hydrogen-bond acceptors (Lipinski definition) is 0. The quantitative estimate of drug-likeness (QED) is 0.220. The van der Waals surface area contributed by atoms with Crippen molar-refractivity contribution in [3.05, 3.63) is 150 Å². The molecule has 0 bridgehead atoms. The lowest BCUT2D eigenvalue weighted by Gasteiger charge is -2.16. The molecule has 0 heteroatoms. The molecule has 1 aliphatic carbocycles. The molecule has 0 aliphatic heterocycles. The van der Waals surface area contributed by atoms with Gasteiger partial charge in [0.15, 0.2) is 0 Å². The van der Waals surface area contributed by atoms with Crippen molar-refractivity contribution in [3.8, 4) is 44.5 Å². The Morgan fingerprint density at radius 2 is 1.02 bits per heavy atom. The third-order valence-corrected chi connectivity index (χ3v) is 8.45. The van der Waals surface area contributed by atoms with Gasteiger partial charge in [0.05, 0.1) is 0 Å². The fourth-order valence-corrected chi connectivity index (χ4v) is 6.13. The first-order chi connectivity index (χ1) is 19.6. The van der Waals surface area contributed by atoms with Crippen LogP contribution in [0.2, 0.25) is 0 Å². The molecule has 0 saturated carbocycles. The highest BCUT2D eigenvalue weighted by Crippen LogP contribution is 2.36. The molecular weight excluding hydrogens is 480 g/mol. The monoisotopic (exact) mass is 512 g/mol. The van der Waals surface area contributed by atoms with Crippen molar-refractivity contribution in [2.75, 3.05) is 0 Å². The summed E-state index contributed by atoms with van der Waals surface area (Å²) in [5.74, 6) is 0. The second-order valence-electron chi connectivity index (χ2n) is 11.0. The lowest BCUT2D eigenvalue weighted by atomic mass is 9.88. The van der Waals surface area contributed by atoms with E-state index >= 15 is 0 Å². The fourth-order valence-electron chi connectivity index (χ4n) is 6.13. The van der Waals surface area contributed by atoms with Crippen molar-refractivity contribution in [1.82, 2.24) is 0 Å². The van der Waals surface area contributed by atoms with Gasteiger partial charge >= 0.3 is 0 Å². The molecule has 0 saturated heterocycles. The van der Waals surface area contributed by atoms with Gasteiger partial charge in [0.25, 0.3) is 0 Å². The molecule has 1 aliphatic rings. The van der Waals surface area contributed by atoms with E-state index < -0.39 is 0 Å².